The lowest BCUT2D eigenvalue weighted by Crippen LogP contribution is -2.03. The maximum absolute atomic E-state index is 12.7. The number of fused-ring (bicyclic) bond motifs is 1. The van der Waals surface area contributed by atoms with Gasteiger partial charge in [0.25, 0.3) is 20.2 Å². The summed E-state index contributed by atoms with van der Waals surface area (Å²) in [5.74, 6) is -1.96. The summed E-state index contributed by atoms with van der Waals surface area (Å²) in [4.78, 5) is 21.8. The average Bonchev–Trinajstić information content (AvgIpc) is 3.20. The van der Waals surface area contributed by atoms with E-state index in [9.17, 15) is 35.8 Å². The first-order valence-electron chi connectivity index (χ1n) is 15.5. The van der Waals surface area contributed by atoms with Crippen molar-refractivity contribution in [3.05, 3.63) is 59.6 Å². The molecule has 0 aliphatic rings. The number of aromatic hydroxyl groups is 1. The number of rotatable bonds is 20. The molecule has 63 heavy (non-hydrogen) atoms. The number of hydrogen-bond donors (Lipinski definition) is 8. The Balaban J connectivity index is 0.00000871. The first-order chi connectivity index (χ1) is 29.4. The normalized spacial score (nSPS) is 12.0. The molecule has 0 unspecified atom stereocenters. The van der Waals surface area contributed by atoms with Crippen molar-refractivity contribution in [2.45, 2.75) is 31.4 Å². The van der Waals surface area contributed by atoms with Gasteiger partial charge in [-0.2, -0.15) is 26.8 Å². The molecule has 0 spiro atoms. The van der Waals surface area contributed by atoms with E-state index in [4.69, 9.17) is 37.3 Å². The molecule has 0 saturated carbocycles. The highest BCUT2D eigenvalue weighted by Crippen LogP contribution is 2.50. The third kappa shape index (κ3) is 13.7. The summed E-state index contributed by atoms with van der Waals surface area (Å²) in [6.45, 7) is 1.56. The fourth-order valence-corrected chi connectivity index (χ4v) is 8.07. The second kappa shape index (κ2) is 22.8. The summed E-state index contributed by atoms with van der Waals surface area (Å²) in [5.41, 5.74) is 4.04. The number of azo groups is 2. The number of aryl methyl sites for hydroxylation is 1. The smallest absolute Gasteiger partial charge is 0.330 e. The Hall–Kier alpha value is -4.67. The second-order valence-electron chi connectivity index (χ2n) is 11.0. The molecule has 1 aromatic heterocycles. The van der Waals surface area contributed by atoms with E-state index in [0.717, 1.165) is 24.3 Å². The molecular formula is C28H24ClN9O19S6. The summed E-state index contributed by atoms with van der Waals surface area (Å²) in [6, 6.07) is 9.20. The van der Waals surface area contributed by atoms with E-state index in [1.54, 1.807) is 6.92 Å². The largest absolute Gasteiger partial charge is 0.505 e. The number of phenols is 1. The molecule has 11 N–H and O–H groups in total. The van der Waals surface area contributed by atoms with Gasteiger partial charge in [-0.05, 0) is 72.4 Å². The number of nitrogens with one attached hydrogen (secondary N) is 1. The molecule has 1 heterocycles. The van der Waals surface area contributed by atoms with Crippen molar-refractivity contribution in [3.63, 3.8) is 0 Å². The number of carbonyl (C=O) groups is 1. The van der Waals surface area contributed by atoms with Crippen LogP contribution < -0.4 is 11.1 Å². The Morgan fingerprint density at radius 1 is 0.794 bits per heavy atom. The van der Waals surface area contributed by atoms with Gasteiger partial charge >= 0.3 is 5.97 Å². The number of phenolic OH excluding ortho intramolecular Hbond substituents is 1. The van der Waals surface area contributed by atoms with Gasteiger partial charge in [-0.15, -0.1) is 33.5 Å². The van der Waals surface area contributed by atoms with E-state index in [-0.39, 0.29) is 66.0 Å². The minimum Gasteiger partial charge on any atom is -0.505 e. The number of aromatic nitrogens is 3. The van der Waals surface area contributed by atoms with E-state index in [2.05, 4.69) is 68.8 Å². The second-order valence-corrected chi connectivity index (χ2v) is 17.0. The van der Waals surface area contributed by atoms with Gasteiger partial charge in [-0.3, -0.25) is 13.9 Å². The van der Waals surface area contributed by atoms with Gasteiger partial charge < -0.3 is 25.8 Å². The van der Waals surface area contributed by atoms with Crippen LogP contribution in [-0.2, 0) is 57.3 Å². The highest BCUT2D eigenvalue weighted by molar-refractivity contribution is 7.96. The zero-order valence-corrected chi connectivity index (χ0v) is 36.1. The third-order valence-corrected chi connectivity index (χ3v) is 11.5. The number of nitrogens with two attached hydrogens (primary N) is 1. The Morgan fingerprint density at radius 2 is 1.44 bits per heavy atom. The molecule has 0 aliphatic heterocycles. The van der Waals surface area contributed by atoms with E-state index >= 15 is 0 Å². The van der Waals surface area contributed by atoms with Gasteiger partial charge in [-0.25, -0.2) is 20.8 Å². The molecule has 0 atom stereocenters. The van der Waals surface area contributed by atoms with Crippen LogP contribution in [0.2, 0.25) is 5.28 Å². The standard InChI is InChI=1S/C28H22ClN9O18S6.H2O/c1-11-31-27(29)34-28(32-11)33-13-2-5-17(59-55-52-42)16(8-13)36-38-25-20(62(47,48)49)7-12-6-18(60-56-53-43)24(26(40)22(12)23(25)30)37-35-15-4-3-14(9-19(15)61(44,45)46)58-50-21(39)10-57-54-51-41;/h2-9,40-43H,10,30H2,1H3,(H,44,45,46)(H,47,48,49)(H,31,32,33,34);1H2. The number of benzene rings is 4. The summed E-state index contributed by atoms with van der Waals surface area (Å²) in [7, 11) is -10.3. The van der Waals surface area contributed by atoms with Crippen LogP contribution in [0.15, 0.2) is 93.5 Å². The summed E-state index contributed by atoms with van der Waals surface area (Å²) in [6.07, 6.45) is 0. The van der Waals surface area contributed by atoms with Gasteiger partial charge in [0.15, 0.2) is 5.75 Å². The minimum absolute atomic E-state index is 0. The summed E-state index contributed by atoms with van der Waals surface area (Å²) >= 11 is 7.29. The molecule has 0 saturated heterocycles. The molecule has 35 heteroatoms. The van der Waals surface area contributed by atoms with Crippen LogP contribution in [0.1, 0.15) is 5.82 Å². The van der Waals surface area contributed by atoms with E-state index in [1.807, 2.05) is 0 Å². The summed E-state index contributed by atoms with van der Waals surface area (Å²) in [5, 5.41) is 65.8. The van der Waals surface area contributed by atoms with Gasteiger partial charge in [0.05, 0.1) is 57.0 Å². The van der Waals surface area contributed by atoms with Crippen molar-refractivity contribution in [2.24, 2.45) is 20.5 Å². The number of halogens is 1. The van der Waals surface area contributed by atoms with E-state index < -0.39 is 75.6 Å². The average molecular weight is 1020 g/mol. The number of hydrogen-bond acceptors (Lipinski definition) is 29. The van der Waals surface area contributed by atoms with Crippen molar-refractivity contribution < 1.29 is 89.4 Å². The van der Waals surface area contributed by atoms with Gasteiger partial charge in [0, 0.05) is 22.6 Å². The van der Waals surface area contributed by atoms with Crippen LogP contribution in [0.3, 0.4) is 0 Å². The fourth-order valence-electron chi connectivity index (χ4n) is 4.71. The van der Waals surface area contributed by atoms with Crippen LogP contribution in [-0.4, -0.2) is 79.0 Å². The molecule has 5 aromatic rings. The van der Waals surface area contributed by atoms with Gasteiger partial charge in [0.1, 0.15) is 44.1 Å². The van der Waals surface area contributed by atoms with Crippen molar-refractivity contribution in [3.8, 4) is 5.75 Å². The van der Waals surface area contributed by atoms with Crippen molar-refractivity contribution in [2.75, 3.05) is 16.8 Å². The zero-order valence-electron chi connectivity index (χ0n) is 30.4. The molecule has 0 bridgehead atoms. The quantitative estimate of drug-likeness (QED) is 0.00740. The highest BCUT2D eigenvalue weighted by atomic mass is 35.5. The van der Waals surface area contributed by atoms with Crippen LogP contribution in [0, 0.1) is 6.92 Å². The van der Waals surface area contributed by atoms with Gasteiger partial charge in [0.2, 0.25) is 11.2 Å². The molecule has 338 valence electrons. The molecule has 28 nitrogen and oxygen atoms in total. The first kappa shape index (κ1) is 51.0. The Kier molecular flexibility index (Phi) is 18.4. The zero-order chi connectivity index (χ0) is 45.2. The van der Waals surface area contributed by atoms with Crippen molar-refractivity contribution in [1.82, 2.24) is 15.0 Å². The number of nitrogens with zero attached hydrogens (tertiary/aromatic N) is 7. The maximum atomic E-state index is 12.7. The predicted molar refractivity (Wildman–Crippen MR) is 218 cm³/mol. The number of nitrogen functional groups attached to an aromatic ring is 1. The van der Waals surface area contributed by atoms with Crippen LogP contribution in [0.5, 0.6) is 5.75 Å². The van der Waals surface area contributed by atoms with Crippen LogP contribution in [0.4, 0.5) is 40.1 Å². The Bertz CT molecular complexity index is 2760. The lowest BCUT2D eigenvalue weighted by molar-refractivity contribution is -0.432. The SMILES string of the molecule is Cc1nc(Cl)nc(Nc2ccc(SOOO)c(N=Nc3c(S(=O)(=O)O)cc4cc(SOOO)c(N=Nc5ccc(SOC(=O)CSOOO)cc5S(=O)(=O)O)c(O)c4c3N)c2)n1.O. The molecule has 0 amide bonds. The predicted octanol–water partition coefficient (Wildman–Crippen LogP) is 6.99. The molecule has 5 rings (SSSR count). The van der Waals surface area contributed by atoms with Crippen molar-refractivity contribution in [1.29, 1.82) is 0 Å². The summed E-state index contributed by atoms with van der Waals surface area (Å²) < 4.78 is 88.3. The maximum Gasteiger partial charge on any atom is 0.330 e. The van der Waals surface area contributed by atoms with E-state index in [0.29, 0.717) is 36.1 Å². The third-order valence-electron chi connectivity index (χ3n) is 7.05. The monoisotopic (exact) mass is 1020 g/mol. The molecular weight excluding hydrogens is 994 g/mol. The van der Waals surface area contributed by atoms with Crippen LogP contribution in [0.25, 0.3) is 10.8 Å². The Labute approximate surface area is 373 Å². The number of carbonyl (C=O) groups excluding carboxylic acids is 1. The molecule has 4 aromatic carbocycles. The van der Waals surface area contributed by atoms with Gasteiger partial charge in [-0.1, -0.05) is 15.1 Å². The van der Waals surface area contributed by atoms with E-state index in [1.165, 1.54) is 24.3 Å². The number of anilines is 3. The molecule has 0 aliphatic carbocycles. The topological polar surface area (TPSA) is 429 Å². The van der Waals surface area contributed by atoms with Crippen LogP contribution >= 0.6 is 59.8 Å². The fraction of sp³-hybridized carbons (Fsp3) is 0.0714. The Morgan fingerprint density at radius 3 is 2.10 bits per heavy atom. The van der Waals surface area contributed by atoms with Crippen molar-refractivity contribution >= 4 is 137 Å². The lowest BCUT2D eigenvalue weighted by Gasteiger charge is -2.14. The molecule has 0 fully saturated rings. The lowest BCUT2D eigenvalue weighted by atomic mass is 10.1. The minimum atomic E-state index is -5.19. The first-order valence-corrected chi connectivity index (χ1v) is 21.9. The highest BCUT2D eigenvalue weighted by Gasteiger charge is 2.26. The molecule has 0 radical (unpaired) electrons.